The quantitative estimate of drug-likeness (QED) is 0.582. The molecule has 1 aliphatic heterocycles. The number of rotatable bonds is 7. The van der Waals surface area contributed by atoms with Crippen molar-refractivity contribution < 1.29 is 23.1 Å². The second kappa shape index (κ2) is 9.80. The molecule has 1 aromatic carbocycles. The third-order valence-electron chi connectivity index (χ3n) is 6.90. The van der Waals surface area contributed by atoms with Crippen LogP contribution in [0.3, 0.4) is 0 Å². The Morgan fingerprint density at radius 2 is 1.97 bits per heavy atom. The number of aliphatic hydroxyl groups excluding tert-OH is 1. The van der Waals surface area contributed by atoms with Crippen molar-refractivity contribution >= 4 is 22.5 Å². The summed E-state index contributed by atoms with van der Waals surface area (Å²) >= 11 is 0. The van der Waals surface area contributed by atoms with E-state index in [2.05, 4.69) is 25.7 Å². The van der Waals surface area contributed by atoms with Gasteiger partial charge in [-0.1, -0.05) is 6.92 Å². The van der Waals surface area contributed by atoms with Crippen LogP contribution >= 0.6 is 0 Å². The van der Waals surface area contributed by atoms with E-state index >= 15 is 0 Å². The van der Waals surface area contributed by atoms with Gasteiger partial charge in [-0.05, 0) is 56.2 Å². The van der Waals surface area contributed by atoms with E-state index in [-0.39, 0.29) is 30.0 Å². The van der Waals surface area contributed by atoms with Gasteiger partial charge in [0.2, 0.25) is 5.91 Å². The number of hydrogen-bond acceptors (Lipinski definition) is 6. The van der Waals surface area contributed by atoms with Gasteiger partial charge in [-0.2, -0.15) is 23.4 Å². The number of alkyl halides is 3. The maximum absolute atomic E-state index is 13.1. The molecule has 1 saturated carbocycles. The molecule has 3 N–H and O–H groups in total. The van der Waals surface area contributed by atoms with Gasteiger partial charge < -0.3 is 15.7 Å². The van der Waals surface area contributed by atoms with Crippen LogP contribution in [0.2, 0.25) is 0 Å². The molecule has 0 bridgehead atoms. The minimum Gasteiger partial charge on any atom is -0.393 e. The Bertz CT molecular complexity index is 972. The minimum absolute atomic E-state index is 0.0620. The number of nitrogens with zero attached hydrogens (tertiary/aromatic N) is 3. The average Bonchev–Trinajstić information content (AvgIpc) is 2.78. The van der Waals surface area contributed by atoms with Crippen molar-refractivity contribution in [3.05, 3.63) is 30.0 Å². The van der Waals surface area contributed by atoms with Gasteiger partial charge in [0.1, 0.15) is 0 Å². The highest BCUT2D eigenvalue weighted by molar-refractivity contribution is 5.92. The van der Waals surface area contributed by atoms with E-state index in [1.54, 1.807) is 0 Å². The maximum atomic E-state index is 13.1. The predicted molar refractivity (Wildman–Crippen MR) is 119 cm³/mol. The number of nitrogens with one attached hydrogen (secondary N) is 2. The molecule has 33 heavy (non-hydrogen) atoms. The summed E-state index contributed by atoms with van der Waals surface area (Å²) in [5.41, 5.74) is -0.116. The van der Waals surface area contributed by atoms with E-state index in [1.807, 2.05) is 6.92 Å². The van der Waals surface area contributed by atoms with Gasteiger partial charge in [-0.3, -0.25) is 9.69 Å². The number of aromatic nitrogens is 2. The molecule has 1 aromatic heterocycles. The highest BCUT2D eigenvalue weighted by Crippen LogP contribution is 2.33. The van der Waals surface area contributed by atoms with Crippen molar-refractivity contribution in [2.45, 2.75) is 63.4 Å². The fourth-order valence-electron chi connectivity index (χ4n) is 4.92. The molecule has 7 nitrogen and oxygen atoms in total. The summed E-state index contributed by atoms with van der Waals surface area (Å²) in [6.45, 7) is 3.55. The standard InChI is InChI=1S/C23H30F3N5O2/c1-2-21(32)14-3-6-17(7-4-14)31-12-16(13-31)29-22(33)11-27-20-10-28-30-19-8-5-15(9-18(19)20)23(24,25)26/h5,8-10,14,16-17,21,32H,2-4,6-7,11-13H2,1H3,(H,27,30)(H,29,33)/t14-,17+,21?. The lowest BCUT2D eigenvalue weighted by atomic mass is 9.80. The maximum Gasteiger partial charge on any atom is 0.416 e. The summed E-state index contributed by atoms with van der Waals surface area (Å²) in [7, 11) is 0. The van der Waals surface area contributed by atoms with Crippen LogP contribution < -0.4 is 10.6 Å². The van der Waals surface area contributed by atoms with Crippen molar-refractivity contribution in [2.75, 3.05) is 25.0 Å². The van der Waals surface area contributed by atoms with Crippen molar-refractivity contribution in [1.82, 2.24) is 20.4 Å². The minimum atomic E-state index is -4.46. The van der Waals surface area contributed by atoms with Gasteiger partial charge in [-0.25, -0.2) is 0 Å². The zero-order chi connectivity index (χ0) is 23.6. The highest BCUT2D eigenvalue weighted by Gasteiger charge is 2.36. The number of amides is 1. The lowest BCUT2D eigenvalue weighted by molar-refractivity contribution is -0.137. The van der Waals surface area contributed by atoms with Gasteiger partial charge in [0.05, 0.1) is 41.7 Å². The molecule has 2 heterocycles. The first-order chi connectivity index (χ1) is 15.7. The molecule has 0 spiro atoms. The molecule has 0 radical (unpaired) electrons. The van der Waals surface area contributed by atoms with E-state index in [0.717, 1.165) is 57.3 Å². The summed E-state index contributed by atoms with van der Waals surface area (Å²) in [5, 5.41) is 23.8. The number of hydrogen-bond donors (Lipinski definition) is 3. The fraction of sp³-hybridized carbons (Fsp3) is 0.609. The molecule has 1 aliphatic carbocycles. The molecule has 180 valence electrons. The van der Waals surface area contributed by atoms with Crippen LogP contribution in [0.15, 0.2) is 24.4 Å². The zero-order valence-electron chi connectivity index (χ0n) is 18.6. The van der Waals surface area contributed by atoms with Crippen LogP contribution in [0.1, 0.15) is 44.6 Å². The Hall–Kier alpha value is -2.46. The molecule has 10 heteroatoms. The molecular weight excluding hydrogens is 435 g/mol. The predicted octanol–water partition coefficient (Wildman–Crippen LogP) is 3.19. The van der Waals surface area contributed by atoms with E-state index in [9.17, 15) is 23.1 Å². The van der Waals surface area contributed by atoms with E-state index in [0.29, 0.717) is 23.2 Å². The lowest BCUT2D eigenvalue weighted by Gasteiger charge is -2.47. The number of aliphatic hydroxyl groups is 1. The van der Waals surface area contributed by atoms with Crippen LogP contribution in [0, 0.1) is 5.92 Å². The first-order valence-corrected chi connectivity index (χ1v) is 11.5. The number of carbonyl (C=O) groups excluding carboxylic acids is 1. The number of benzene rings is 1. The largest absolute Gasteiger partial charge is 0.416 e. The summed E-state index contributed by atoms with van der Waals surface area (Å²) in [4.78, 5) is 14.8. The first-order valence-electron chi connectivity index (χ1n) is 11.5. The summed E-state index contributed by atoms with van der Waals surface area (Å²) in [6, 6.07) is 3.84. The lowest BCUT2D eigenvalue weighted by Crippen LogP contribution is -2.63. The van der Waals surface area contributed by atoms with Crippen LogP contribution in [0.4, 0.5) is 18.9 Å². The van der Waals surface area contributed by atoms with Crippen molar-refractivity contribution in [3.63, 3.8) is 0 Å². The van der Waals surface area contributed by atoms with E-state index < -0.39 is 11.7 Å². The Morgan fingerprint density at radius 3 is 2.64 bits per heavy atom. The zero-order valence-corrected chi connectivity index (χ0v) is 18.6. The van der Waals surface area contributed by atoms with E-state index in [1.165, 1.54) is 12.3 Å². The van der Waals surface area contributed by atoms with Gasteiger partial charge in [0, 0.05) is 24.5 Å². The van der Waals surface area contributed by atoms with Crippen molar-refractivity contribution in [3.8, 4) is 0 Å². The molecule has 2 aliphatic rings. The highest BCUT2D eigenvalue weighted by atomic mass is 19.4. The van der Waals surface area contributed by atoms with Crippen LogP contribution in [-0.4, -0.2) is 63.9 Å². The third-order valence-corrected chi connectivity index (χ3v) is 6.90. The summed E-state index contributed by atoms with van der Waals surface area (Å²) in [6.07, 6.45) is 1.70. The Morgan fingerprint density at radius 1 is 1.24 bits per heavy atom. The molecular formula is C23H30F3N5O2. The average molecular weight is 466 g/mol. The smallest absolute Gasteiger partial charge is 0.393 e. The Labute approximate surface area is 190 Å². The molecule has 2 fully saturated rings. The van der Waals surface area contributed by atoms with E-state index in [4.69, 9.17) is 0 Å². The van der Waals surface area contributed by atoms with Gasteiger partial charge in [0.15, 0.2) is 0 Å². The normalized spacial score (nSPS) is 23.2. The number of likely N-dealkylation sites (tertiary alicyclic amines) is 1. The van der Waals surface area contributed by atoms with Gasteiger partial charge in [0.25, 0.3) is 0 Å². The fourth-order valence-corrected chi connectivity index (χ4v) is 4.92. The first kappa shape index (κ1) is 23.7. The molecule has 1 saturated heterocycles. The van der Waals surface area contributed by atoms with Crippen LogP contribution in [0.5, 0.6) is 0 Å². The van der Waals surface area contributed by atoms with Gasteiger partial charge in [-0.15, -0.1) is 0 Å². The number of halogens is 3. The number of fused-ring (bicyclic) bond motifs is 1. The molecule has 1 unspecified atom stereocenters. The summed E-state index contributed by atoms with van der Waals surface area (Å²) < 4.78 is 39.2. The summed E-state index contributed by atoms with van der Waals surface area (Å²) in [5.74, 6) is 0.187. The van der Waals surface area contributed by atoms with Crippen LogP contribution in [-0.2, 0) is 11.0 Å². The molecule has 4 rings (SSSR count). The Balaban J connectivity index is 1.24. The molecule has 2 aromatic rings. The monoisotopic (exact) mass is 465 g/mol. The third kappa shape index (κ3) is 5.55. The van der Waals surface area contributed by atoms with Gasteiger partial charge >= 0.3 is 6.18 Å². The number of anilines is 1. The second-order valence-electron chi connectivity index (χ2n) is 9.10. The molecule has 1 amide bonds. The number of carbonyl (C=O) groups is 1. The topological polar surface area (TPSA) is 90.4 Å². The van der Waals surface area contributed by atoms with Crippen LogP contribution in [0.25, 0.3) is 10.9 Å². The van der Waals surface area contributed by atoms with Crippen molar-refractivity contribution in [1.29, 1.82) is 0 Å². The Kier molecular flexibility index (Phi) is 7.04. The second-order valence-corrected chi connectivity index (χ2v) is 9.10. The SMILES string of the molecule is CCC(O)[C@H]1CC[C@@H](N2CC(NC(=O)CNc3cnnc4ccc(C(F)(F)F)cc34)C2)CC1. The molecule has 1 atom stereocenters. The van der Waals surface area contributed by atoms with Crippen molar-refractivity contribution in [2.24, 2.45) is 5.92 Å².